The number of anilines is 3. The molecule has 0 atom stereocenters. The number of benzene rings is 2. The van der Waals surface area contributed by atoms with Crippen molar-refractivity contribution >= 4 is 28.4 Å². The summed E-state index contributed by atoms with van der Waals surface area (Å²) >= 11 is 0. The maximum absolute atomic E-state index is 4.48. The summed E-state index contributed by atoms with van der Waals surface area (Å²) in [5.41, 5.74) is 5.20. The van der Waals surface area contributed by atoms with Crippen molar-refractivity contribution in [1.29, 1.82) is 0 Å². The first kappa shape index (κ1) is 12.1. The molecule has 0 unspecified atom stereocenters. The third kappa shape index (κ3) is 2.38. The number of hydrogen-bond acceptors (Lipinski definition) is 5. The minimum atomic E-state index is 0.525. The molecule has 21 heavy (non-hydrogen) atoms. The maximum atomic E-state index is 4.48. The van der Waals surface area contributed by atoms with Crippen LogP contribution < -0.4 is 10.6 Å². The van der Waals surface area contributed by atoms with Crippen molar-refractivity contribution in [2.24, 2.45) is 0 Å². The van der Waals surface area contributed by atoms with Crippen LogP contribution in [0.1, 0.15) is 12.0 Å². The summed E-state index contributed by atoms with van der Waals surface area (Å²) in [4.78, 5) is 4.48. The van der Waals surface area contributed by atoms with Crippen molar-refractivity contribution in [3.05, 3.63) is 48.0 Å². The molecule has 0 fully saturated rings. The largest absolute Gasteiger partial charge is 0.385 e. The van der Waals surface area contributed by atoms with Crippen LogP contribution in [0, 0.1) is 0 Å². The number of rotatable bonds is 2. The van der Waals surface area contributed by atoms with Gasteiger partial charge in [-0.05, 0) is 48.7 Å². The highest BCUT2D eigenvalue weighted by Gasteiger charge is 2.09. The summed E-state index contributed by atoms with van der Waals surface area (Å²) < 4.78 is 0. The predicted octanol–water partition coefficient (Wildman–Crippen LogP) is 3.13. The molecule has 0 bridgehead atoms. The first-order chi connectivity index (χ1) is 10.4. The average molecular weight is 277 g/mol. The average Bonchev–Trinajstić information content (AvgIpc) is 2.55. The zero-order valence-corrected chi connectivity index (χ0v) is 11.5. The van der Waals surface area contributed by atoms with Crippen LogP contribution in [-0.4, -0.2) is 21.7 Å². The highest BCUT2D eigenvalue weighted by atomic mass is 15.2. The molecule has 0 radical (unpaired) electrons. The van der Waals surface area contributed by atoms with E-state index in [1.807, 2.05) is 30.3 Å². The lowest BCUT2D eigenvalue weighted by Gasteiger charge is -2.18. The molecule has 1 aliphatic heterocycles. The second-order valence-corrected chi connectivity index (χ2v) is 5.15. The molecule has 2 heterocycles. The molecule has 0 saturated carbocycles. The Labute approximate surface area is 122 Å². The van der Waals surface area contributed by atoms with Crippen LogP contribution >= 0.6 is 0 Å². The number of nitrogens with one attached hydrogen (secondary N) is 2. The molecule has 1 aliphatic rings. The van der Waals surface area contributed by atoms with Crippen molar-refractivity contribution in [2.45, 2.75) is 12.8 Å². The third-order valence-electron chi connectivity index (χ3n) is 3.66. The molecule has 5 heteroatoms. The van der Waals surface area contributed by atoms with Crippen molar-refractivity contribution in [2.75, 3.05) is 17.2 Å². The van der Waals surface area contributed by atoms with E-state index in [1.54, 1.807) is 0 Å². The second-order valence-electron chi connectivity index (χ2n) is 5.15. The first-order valence-corrected chi connectivity index (χ1v) is 7.12. The van der Waals surface area contributed by atoms with Crippen LogP contribution in [0.15, 0.2) is 42.5 Å². The smallest absolute Gasteiger partial charge is 0.247 e. The number of fused-ring (bicyclic) bond motifs is 2. The van der Waals surface area contributed by atoms with E-state index >= 15 is 0 Å². The Balaban J connectivity index is 1.64. The monoisotopic (exact) mass is 277 g/mol. The summed E-state index contributed by atoms with van der Waals surface area (Å²) in [6.45, 7) is 1.05. The van der Waals surface area contributed by atoms with E-state index in [4.69, 9.17) is 0 Å². The van der Waals surface area contributed by atoms with Crippen LogP contribution in [0.2, 0.25) is 0 Å². The molecule has 3 aromatic rings. The SMILES string of the molecule is c1ccc2nc(Nc3ccc4c(c3)CCCN4)nnc2c1. The molecule has 0 spiro atoms. The molecule has 4 rings (SSSR count). The van der Waals surface area contributed by atoms with Gasteiger partial charge in [0.05, 0.1) is 5.52 Å². The van der Waals surface area contributed by atoms with Gasteiger partial charge in [0.1, 0.15) is 5.52 Å². The number of nitrogens with zero attached hydrogens (tertiary/aromatic N) is 3. The van der Waals surface area contributed by atoms with Crippen LogP contribution in [-0.2, 0) is 6.42 Å². The Morgan fingerprint density at radius 1 is 1.00 bits per heavy atom. The maximum Gasteiger partial charge on any atom is 0.247 e. The first-order valence-electron chi connectivity index (χ1n) is 7.12. The molecule has 2 aromatic carbocycles. The normalized spacial score (nSPS) is 13.5. The van der Waals surface area contributed by atoms with E-state index in [2.05, 4.69) is 37.9 Å². The quantitative estimate of drug-likeness (QED) is 0.753. The van der Waals surface area contributed by atoms with Gasteiger partial charge >= 0.3 is 0 Å². The third-order valence-corrected chi connectivity index (χ3v) is 3.66. The Hall–Kier alpha value is -2.69. The molecule has 1 aromatic heterocycles. The van der Waals surface area contributed by atoms with E-state index in [0.29, 0.717) is 5.95 Å². The van der Waals surface area contributed by atoms with Gasteiger partial charge in [0.15, 0.2) is 0 Å². The Kier molecular flexibility index (Phi) is 2.88. The predicted molar refractivity (Wildman–Crippen MR) is 83.9 cm³/mol. The molecule has 0 aliphatic carbocycles. The Morgan fingerprint density at radius 2 is 1.90 bits per heavy atom. The van der Waals surface area contributed by atoms with Gasteiger partial charge < -0.3 is 10.6 Å². The molecule has 0 amide bonds. The highest BCUT2D eigenvalue weighted by molar-refractivity contribution is 5.75. The second kappa shape index (κ2) is 5.01. The number of hydrogen-bond donors (Lipinski definition) is 2. The summed E-state index contributed by atoms with van der Waals surface area (Å²) in [7, 11) is 0. The standard InChI is InChI=1S/C16H15N5/c1-2-6-15-14(5-1)19-16(21-20-15)18-12-7-8-13-11(10-12)4-3-9-17-13/h1-2,5-8,10,17H,3-4,9H2,(H,18,19,21). The van der Waals surface area contributed by atoms with E-state index in [1.165, 1.54) is 17.7 Å². The lowest BCUT2D eigenvalue weighted by atomic mass is 10.0. The molecule has 5 nitrogen and oxygen atoms in total. The Bertz CT molecular complexity index is 800. The molecule has 2 N–H and O–H groups in total. The van der Waals surface area contributed by atoms with Crippen LogP contribution in [0.5, 0.6) is 0 Å². The van der Waals surface area contributed by atoms with Crippen molar-refractivity contribution in [1.82, 2.24) is 15.2 Å². The summed E-state index contributed by atoms with van der Waals surface area (Å²) in [6, 6.07) is 14.0. The van der Waals surface area contributed by atoms with Gasteiger partial charge in [-0.3, -0.25) is 0 Å². The lowest BCUT2D eigenvalue weighted by molar-refractivity contribution is 0.830. The van der Waals surface area contributed by atoms with Crippen molar-refractivity contribution in [3.8, 4) is 0 Å². The van der Waals surface area contributed by atoms with E-state index in [9.17, 15) is 0 Å². The van der Waals surface area contributed by atoms with Gasteiger partial charge in [-0.1, -0.05) is 12.1 Å². The number of aromatic nitrogens is 3. The van der Waals surface area contributed by atoms with Crippen molar-refractivity contribution in [3.63, 3.8) is 0 Å². The van der Waals surface area contributed by atoms with Crippen LogP contribution in [0.4, 0.5) is 17.3 Å². The summed E-state index contributed by atoms with van der Waals surface area (Å²) in [5.74, 6) is 0.525. The Morgan fingerprint density at radius 3 is 2.86 bits per heavy atom. The van der Waals surface area contributed by atoms with Gasteiger partial charge in [0.25, 0.3) is 0 Å². The summed E-state index contributed by atoms with van der Waals surface area (Å²) in [5, 5.41) is 14.9. The molecular formula is C16H15N5. The fraction of sp³-hybridized carbons (Fsp3) is 0.188. The number of para-hydroxylation sites is 1. The van der Waals surface area contributed by atoms with Crippen molar-refractivity contribution < 1.29 is 0 Å². The number of aryl methyl sites for hydroxylation is 1. The zero-order chi connectivity index (χ0) is 14.1. The molecule has 104 valence electrons. The highest BCUT2D eigenvalue weighted by Crippen LogP contribution is 2.26. The summed E-state index contributed by atoms with van der Waals surface area (Å²) in [6.07, 6.45) is 2.28. The van der Waals surface area contributed by atoms with E-state index < -0.39 is 0 Å². The van der Waals surface area contributed by atoms with Gasteiger partial charge in [0, 0.05) is 17.9 Å². The van der Waals surface area contributed by atoms with Crippen LogP contribution in [0.25, 0.3) is 11.0 Å². The van der Waals surface area contributed by atoms with Gasteiger partial charge in [0.2, 0.25) is 5.95 Å². The van der Waals surface area contributed by atoms with Gasteiger partial charge in [-0.15, -0.1) is 10.2 Å². The topological polar surface area (TPSA) is 62.7 Å². The lowest BCUT2D eigenvalue weighted by Crippen LogP contribution is -2.11. The molecular weight excluding hydrogens is 262 g/mol. The van der Waals surface area contributed by atoms with E-state index in [-0.39, 0.29) is 0 Å². The van der Waals surface area contributed by atoms with Gasteiger partial charge in [-0.25, -0.2) is 4.98 Å². The minimum absolute atomic E-state index is 0.525. The fourth-order valence-electron chi connectivity index (χ4n) is 2.62. The van der Waals surface area contributed by atoms with E-state index in [0.717, 1.165) is 29.7 Å². The fourth-order valence-corrected chi connectivity index (χ4v) is 2.62. The van der Waals surface area contributed by atoms with Gasteiger partial charge in [-0.2, -0.15) is 0 Å². The zero-order valence-electron chi connectivity index (χ0n) is 11.5. The van der Waals surface area contributed by atoms with Crippen LogP contribution in [0.3, 0.4) is 0 Å². The molecule has 0 saturated heterocycles. The minimum Gasteiger partial charge on any atom is -0.385 e.